The molecule has 2 nitrogen and oxygen atoms in total. The van der Waals surface area contributed by atoms with Crippen LogP contribution in [0, 0.1) is 0 Å². The molecule has 0 radical (unpaired) electrons. The Bertz CT molecular complexity index is 372. The monoisotopic (exact) mass is 539 g/mol. The Kier molecular flexibility index (Phi) is 33.1. The molecule has 0 aromatic heterocycles. The van der Waals surface area contributed by atoms with Crippen LogP contribution in [0.4, 0.5) is 0 Å². The van der Waals surface area contributed by atoms with Gasteiger partial charge >= 0.3 is 0 Å². The molecule has 2 heteroatoms. The van der Waals surface area contributed by atoms with Crippen LogP contribution in [0.25, 0.3) is 0 Å². The lowest BCUT2D eigenvalue weighted by Crippen LogP contribution is -2.25. The highest BCUT2D eigenvalue weighted by Gasteiger charge is 2.15. The van der Waals surface area contributed by atoms with E-state index >= 15 is 0 Å². The summed E-state index contributed by atoms with van der Waals surface area (Å²) in [4.78, 5) is 0. The molecule has 2 unspecified atom stereocenters. The summed E-state index contributed by atoms with van der Waals surface area (Å²) >= 11 is 0. The highest BCUT2D eigenvalue weighted by Crippen LogP contribution is 2.17. The summed E-state index contributed by atoms with van der Waals surface area (Å²) in [6.45, 7) is 4.58. The Morgan fingerprint density at radius 3 is 0.605 bits per heavy atom. The molecule has 0 aliphatic carbocycles. The average Bonchev–Trinajstić information content (AvgIpc) is 2.92. The first kappa shape index (κ1) is 37.9. The van der Waals surface area contributed by atoms with Gasteiger partial charge in [-0.2, -0.15) is 0 Å². The van der Waals surface area contributed by atoms with Gasteiger partial charge < -0.3 is 10.2 Å². The van der Waals surface area contributed by atoms with Crippen LogP contribution in [0.15, 0.2) is 0 Å². The lowest BCUT2D eigenvalue weighted by Gasteiger charge is -2.17. The SMILES string of the molecule is CCCCCCCCCCCCCCCCCC(O)C(O)CCCCCCCCCCCCCCCCC. The largest absolute Gasteiger partial charge is 0.390 e. The number of unbranched alkanes of at least 4 members (excludes halogenated alkanes) is 28. The molecule has 0 bridgehead atoms. The van der Waals surface area contributed by atoms with Crippen molar-refractivity contribution in [3.63, 3.8) is 0 Å². The van der Waals surface area contributed by atoms with E-state index in [2.05, 4.69) is 13.8 Å². The van der Waals surface area contributed by atoms with E-state index in [0.717, 1.165) is 25.7 Å². The van der Waals surface area contributed by atoms with Crippen LogP contribution in [0.1, 0.15) is 219 Å². The Hall–Kier alpha value is -0.0800. The van der Waals surface area contributed by atoms with Crippen molar-refractivity contribution in [3.05, 3.63) is 0 Å². The van der Waals surface area contributed by atoms with Crippen molar-refractivity contribution in [1.82, 2.24) is 0 Å². The third-order valence-corrected chi connectivity index (χ3v) is 8.65. The third-order valence-electron chi connectivity index (χ3n) is 8.65. The first-order valence-electron chi connectivity index (χ1n) is 18.1. The molecule has 0 saturated carbocycles. The molecular formula is C36H74O2. The van der Waals surface area contributed by atoms with Gasteiger partial charge in [0.05, 0.1) is 12.2 Å². The maximum Gasteiger partial charge on any atom is 0.0799 e. The molecule has 0 spiro atoms. The van der Waals surface area contributed by atoms with Crippen LogP contribution in [0.2, 0.25) is 0 Å². The molecule has 0 rings (SSSR count). The van der Waals surface area contributed by atoms with E-state index in [1.54, 1.807) is 0 Å². The van der Waals surface area contributed by atoms with Gasteiger partial charge in [-0.05, 0) is 12.8 Å². The van der Waals surface area contributed by atoms with Crippen LogP contribution in [-0.4, -0.2) is 22.4 Å². The molecule has 38 heavy (non-hydrogen) atoms. The second-order valence-corrected chi connectivity index (χ2v) is 12.6. The molecule has 0 aliphatic heterocycles. The smallest absolute Gasteiger partial charge is 0.0799 e. The fraction of sp³-hybridized carbons (Fsp3) is 1.00. The molecular weight excluding hydrogens is 464 g/mol. The number of rotatable bonds is 33. The summed E-state index contributed by atoms with van der Waals surface area (Å²) in [5.41, 5.74) is 0. The summed E-state index contributed by atoms with van der Waals surface area (Å²) in [6.07, 6.45) is 41.5. The summed E-state index contributed by atoms with van der Waals surface area (Å²) < 4.78 is 0. The number of hydrogen-bond donors (Lipinski definition) is 2. The predicted octanol–water partition coefficient (Wildman–Crippen LogP) is 12.2. The minimum atomic E-state index is -0.511. The van der Waals surface area contributed by atoms with Gasteiger partial charge in [-0.15, -0.1) is 0 Å². The van der Waals surface area contributed by atoms with Gasteiger partial charge in [0, 0.05) is 0 Å². The quantitative estimate of drug-likeness (QED) is 0.0815. The van der Waals surface area contributed by atoms with Crippen LogP contribution in [0.5, 0.6) is 0 Å². The molecule has 0 heterocycles. The van der Waals surface area contributed by atoms with Crippen molar-refractivity contribution in [1.29, 1.82) is 0 Å². The van der Waals surface area contributed by atoms with E-state index in [4.69, 9.17) is 0 Å². The normalized spacial score (nSPS) is 13.3. The Balaban J connectivity index is 3.26. The number of aliphatic hydroxyl groups excluding tert-OH is 2. The third kappa shape index (κ3) is 30.5. The van der Waals surface area contributed by atoms with Crippen molar-refractivity contribution >= 4 is 0 Å². The van der Waals surface area contributed by atoms with E-state index in [9.17, 15) is 10.2 Å². The van der Waals surface area contributed by atoms with Crippen LogP contribution >= 0.6 is 0 Å². The van der Waals surface area contributed by atoms with Crippen molar-refractivity contribution in [2.45, 2.75) is 232 Å². The minimum Gasteiger partial charge on any atom is -0.390 e. The first-order valence-corrected chi connectivity index (χ1v) is 18.1. The van der Waals surface area contributed by atoms with E-state index < -0.39 is 12.2 Å². The zero-order valence-corrected chi connectivity index (χ0v) is 26.7. The highest BCUT2D eigenvalue weighted by atomic mass is 16.3. The van der Waals surface area contributed by atoms with Crippen molar-refractivity contribution < 1.29 is 10.2 Å². The molecule has 2 N–H and O–H groups in total. The molecule has 0 aromatic rings. The second-order valence-electron chi connectivity index (χ2n) is 12.6. The fourth-order valence-electron chi connectivity index (χ4n) is 5.83. The van der Waals surface area contributed by atoms with Crippen LogP contribution < -0.4 is 0 Å². The highest BCUT2D eigenvalue weighted by molar-refractivity contribution is 4.67. The van der Waals surface area contributed by atoms with Crippen molar-refractivity contribution in [3.8, 4) is 0 Å². The first-order chi connectivity index (χ1) is 18.7. The Labute approximate surface area is 241 Å². The molecule has 0 aliphatic rings. The lowest BCUT2D eigenvalue weighted by molar-refractivity contribution is 0.00711. The minimum absolute atomic E-state index is 0.511. The molecule has 0 amide bonds. The summed E-state index contributed by atoms with van der Waals surface area (Å²) in [5.74, 6) is 0. The average molecular weight is 539 g/mol. The summed E-state index contributed by atoms with van der Waals surface area (Å²) in [5, 5.41) is 20.6. The zero-order valence-electron chi connectivity index (χ0n) is 26.7. The molecule has 230 valence electrons. The molecule has 0 fully saturated rings. The van der Waals surface area contributed by atoms with Crippen LogP contribution in [0.3, 0.4) is 0 Å². The molecule has 0 saturated heterocycles. The second kappa shape index (κ2) is 33.1. The number of aliphatic hydroxyl groups is 2. The topological polar surface area (TPSA) is 40.5 Å². The molecule has 2 atom stereocenters. The van der Waals surface area contributed by atoms with E-state index in [-0.39, 0.29) is 0 Å². The van der Waals surface area contributed by atoms with Gasteiger partial charge in [0.25, 0.3) is 0 Å². The van der Waals surface area contributed by atoms with E-state index in [0.29, 0.717) is 0 Å². The van der Waals surface area contributed by atoms with Crippen molar-refractivity contribution in [2.75, 3.05) is 0 Å². The van der Waals surface area contributed by atoms with Gasteiger partial charge in [0.1, 0.15) is 0 Å². The van der Waals surface area contributed by atoms with Gasteiger partial charge in [-0.25, -0.2) is 0 Å². The van der Waals surface area contributed by atoms with Crippen molar-refractivity contribution in [2.24, 2.45) is 0 Å². The predicted molar refractivity (Wildman–Crippen MR) is 171 cm³/mol. The Morgan fingerprint density at radius 1 is 0.263 bits per heavy atom. The zero-order chi connectivity index (χ0) is 27.8. The lowest BCUT2D eigenvalue weighted by atomic mass is 9.99. The van der Waals surface area contributed by atoms with Crippen LogP contribution in [-0.2, 0) is 0 Å². The standard InChI is InChI=1S/C36H74O2/c1-3-5-7-9-11-13-15-17-19-21-23-25-27-29-31-33-35(37)36(38)34-32-30-28-26-24-22-20-18-16-14-12-10-8-6-4-2/h35-38H,3-34H2,1-2H3. The summed E-state index contributed by atoms with van der Waals surface area (Å²) in [7, 11) is 0. The number of hydrogen-bond acceptors (Lipinski definition) is 2. The van der Waals surface area contributed by atoms with E-state index in [1.807, 2.05) is 0 Å². The van der Waals surface area contributed by atoms with E-state index in [1.165, 1.54) is 180 Å². The van der Waals surface area contributed by atoms with Gasteiger partial charge in [0.15, 0.2) is 0 Å². The Morgan fingerprint density at radius 2 is 0.421 bits per heavy atom. The van der Waals surface area contributed by atoms with Gasteiger partial charge in [0.2, 0.25) is 0 Å². The maximum absolute atomic E-state index is 10.3. The molecule has 0 aromatic carbocycles. The summed E-state index contributed by atoms with van der Waals surface area (Å²) in [6, 6.07) is 0. The van der Waals surface area contributed by atoms with Gasteiger partial charge in [-0.1, -0.05) is 206 Å². The van der Waals surface area contributed by atoms with Gasteiger partial charge in [-0.3, -0.25) is 0 Å². The fourth-order valence-corrected chi connectivity index (χ4v) is 5.83. The maximum atomic E-state index is 10.3.